The summed E-state index contributed by atoms with van der Waals surface area (Å²) in [5.41, 5.74) is 2.05. The number of amides is 1. The van der Waals surface area contributed by atoms with Crippen LogP contribution in [0, 0.1) is 18.3 Å². The SMILES string of the molecule is COCc1cc(C)nc(SCC(=O)NC(C)COC)c1C#N. The Morgan fingerprint density at radius 1 is 1.50 bits per heavy atom. The van der Waals surface area contributed by atoms with E-state index in [0.717, 1.165) is 11.3 Å². The molecule has 6 nitrogen and oxygen atoms in total. The quantitative estimate of drug-likeness (QED) is 0.732. The van der Waals surface area contributed by atoms with Gasteiger partial charge in [0, 0.05) is 26.0 Å². The maximum absolute atomic E-state index is 11.9. The summed E-state index contributed by atoms with van der Waals surface area (Å²) >= 11 is 1.25. The lowest BCUT2D eigenvalue weighted by Gasteiger charge is -2.13. The molecule has 1 aromatic rings. The number of carbonyl (C=O) groups excluding carboxylic acids is 1. The highest BCUT2D eigenvalue weighted by Gasteiger charge is 2.14. The number of hydrogen-bond acceptors (Lipinski definition) is 6. The molecule has 1 atom stereocenters. The zero-order valence-corrected chi connectivity index (χ0v) is 14.1. The molecular formula is C15H21N3O3S. The van der Waals surface area contributed by atoms with E-state index in [1.807, 2.05) is 19.9 Å². The molecule has 0 aliphatic heterocycles. The Bertz CT molecular complexity index is 558. The molecule has 120 valence electrons. The summed E-state index contributed by atoms with van der Waals surface area (Å²) in [5, 5.41) is 12.7. The number of nitriles is 1. The van der Waals surface area contributed by atoms with Crippen molar-refractivity contribution in [3.8, 4) is 6.07 Å². The molecule has 1 rings (SSSR count). The molecule has 0 spiro atoms. The zero-order valence-electron chi connectivity index (χ0n) is 13.3. The predicted octanol–water partition coefficient (Wildman–Crippen LogP) is 1.65. The Morgan fingerprint density at radius 2 is 2.23 bits per heavy atom. The number of rotatable bonds is 8. The van der Waals surface area contributed by atoms with Gasteiger partial charge in [-0.3, -0.25) is 4.79 Å². The van der Waals surface area contributed by atoms with Gasteiger partial charge in [-0.2, -0.15) is 5.26 Å². The fourth-order valence-electron chi connectivity index (χ4n) is 1.95. The van der Waals surface area contributed by atoms with Crippen LogP contribution in [-0.2, 0) is 20.9 Å². The first-order valence-corrected chi connectivity index (χ1v) is 7.81. The van der Waals surface area contributed by atoms with Gasteiger partial charge in [-0.25, -0.2) is 4.98 Å². The minimum Gasteiger partial charge on any atom is -0.383 e. The number of carbonyl (C=O) groups is 1. The summed E-state index contributed by atoms with van der Waals surface area (Å²) in [6.07, 6.45) is 0. The molecule has 1 heterocycles. The summed E-state index contributed by atoms with van der Waals surface area (Å²) in [7, 11) is 3.17. The van der Waals surface area contributed by atoms with E-state index in [4.69, 9.17) is 9.47 Å². The molecule has 1 aromatic heterocycles. The van der Waals surface area contributed by atoms with Crippen molar-refractivity contribution in [2.75, 3.05) is 26.6 Å². The number of aromatic nitrogens is 1. The lowest BCUT2D eigenvalue weighted by Crippen LogP contribution is -2.36. The molecule has 0 saturated carbocycles. The third-order valence-corrected chi connectivity index (χ3v) is 3.75. The first kappa shape index (κ1) is 18.4. The van der Waals surface area contributed by atoms with Gasteiger partial charge in [0.1, 0.15) is 11.1 Å². The molecule has 0 saturated heterocycles. The molecule has 0 aliphatic carbocycles. The maximum Gasteiger partial charge on any atom is 0.230 e. The van der Waals surface area contributed by atoms with Crippen molar-refractivity contribution in [1.29, 1.82) is 5.26 Å². The van der Waals surface area contributed by atoms with Crippen LogP contribution in [0.4, 0.5) is 0 Å². The van der Waals surface area contributed by atoms with Crippen LogP contribution in [0.15, 0.2) is 11.1 Å². The number of nitrogens with zero attached hydrogens (tertiary/aromatic N) is 2. The van der Waals surface area contributed by atoms with Crippen LogP contribution in [0.2, 0.25) is 0 Å². The van der Waals surface area contributed by atoms with Crippen LogP contribution in [0.5, 0.6) is 0 Å². The van der Waals surface area contributed by atoms with Crippen molar-refractivity contribution in [3.05, 3.63) is 22.9 Å². The molecule has 22 heavy (non-hydrogen) atoms. The average molecular weight is 323 g/mol. The molecule has 0 radical (unpaired) electrons. The maximum atomic E-state index is 11.9. The number of hydrogen-bond donors (Lipinski definition) is 1. The Balaban J connectivity index is 2.77. The summed E-state index contributed by atoms with van der Waals surface area (Å²) < 4.78 is 10.1. The number of thioether (sulfide) groups is 1. The van der Waals surface area contributed by atoms with Gasteiger partial charge in [0.25, 0.3) is 0 Å². The van der Waals surface area contributed by atoms with Crippen molar-refractivity contribution in [2.45, 2.75) is 31.5 Å². The molecule has 1 amide bonds. The second-order valence-corrected chi connectivity index (χ2v) is 5.82. The van der Waals surface area contributed by atoms with E-state index in [2.05, 4.69) is 16.4 Å². The molecular weight excluding hydrogens is 302 g/mol. The van der Waals surface area contributed by atoms with E-state index in [0.29, 0.717) is 23.8 Å². The number of nitrogens with one attached hydrogen (secondary N) is 1. The van der Waals surface area contributed by atoms with Crippen molar-refractivity contribution in [3.63, 3.8) is 0 Å². The fourth-order valence-corrected chi connectivity index (χ4v) is 2.83. The van der Waals surface area contributed by atoms with Gasteiger partial charge in [0.15, 0.2) is 0 Å². The van der Waals surface area contributed by atoms with Crippen molar-refractivity contribution < 1.29 is 14.3 Å². The minimum atomic E-state index is -0.116. The largest absolute Gasteiger partial charge is 0.383 e. The molecule has 1 unspecified atom stereocenters. The molecule has 1 N–H and O–H groups in total. The van der Waals surface area contributed by atoms with Crippen molar-refractivity contribution >= 4 is 17.7 Å². The topological polar surface area (TPSA) is 84.2 Å². The van der Waals surface area contributed by atoms with Crippen molar-refractivity contribution in [1.82, 2.24) is 10.3 Å². The van der Waals surface area contributed by atoms with Gasteiger partial charge in [-0.05, 0) is 25.5 Å². The van der Waals surface area contributed by atoms with E-state index in [1.165, 1.54) is 11.8 Å². The standard InChI is InChI=1S/C15H21N3O3S/c1-10-5-12(8-21-4)13(6-16)15(18-10)22-9-14(19)17-11(2)7-20-3/h5,11H,7-9H2,1-4H3,(H,17,19). The highest BCUT2D eigenvalue weighted by atomic mass is 32.2. The van der Waals surface area contributed by atoms with Gasteiger partial charge < -0.3 is 14.8 Å². The Kier molecular flexibility index (Phi) is 7.88. The normalized spacial score (nSPS) is 11.8. The second-order valence-electron chi connectivity index (χ2n) is 4.86. The molecule has 0 bridgehead atoms. The summed E-state index contributed by atoms with van der Waals surface area (Å²) in [5.74, 6) is 0.0843. The third-order valence-electron chi connectivity index (χ3n) is 2.77. The van der Waals surface area contributed by atoms with Crippen LogP contribution in [0.25, 0.3) is 0 Å². The van der Waals surface area contributed by atoms with E-state index in [1.54, 1.807) is 14.2 Å². The second kappa shape index (κ2) is 9.41. The van der Waals surface area contributed by atoms with Gasteiger partial charge in [0.2, 0.25) is 5.91 Å². The molecule has 7 heteroatoms. The van der Waals surface area contributed by atoms with Gasteiger partial charge in [-0.15, -0.1) is 0 Å². The lowest BCUT2D eigenvalue weighted by atomic mass is 10.1. The summed E-state index contributed by atoms with van der Waals surface area (Å²) in [6, 6.07) is 3.92. The van der Waals surface area contributed by atoms with E-state index < -0.39 is 0 Å². The number of pyridine rings is 1. The Morgan fingerprint density at radius 3 is 2.82 bits per heavy atom. The smallest absolute Gasteiger partial charge is 0.230 e. The molecule has 0 aromatic carbocycles. The fraction of sp³-hybridized carbons (Fsp3) is 0.533. The van der Waals surface area contributed by atoms with Crippen molar-refractivity contribution in [2.24, 2.45) is 0 Å². The van der Waals surface area contributed by atoms with Crippen LogP contribution in [0.3, 0.4) is 0 Å². The summed E-state index contributed by atoms with van der Waals surface area (Å²) in [6.45, 7) is 4.52. The highest BCUT2D eigenvalue weighted by Crippen LogP contribution is 2.24. The first-order valence-electron chi connectivity index (χ1n) is 6.82. The summed E-state index contributed by atoms with van der Waals surface area (Å²) in [4.78, 5) is 16.2. The lowest BCUT2D eigenvalue weighted by molar-refractivity contribution is -0.119. The number of aryl methyl sites for hydroxylation is 1. The van der Waals surface area contributed by atoms with Gasteiger partial charge in [0.05, 0.1) is 24.5 Å². The zero-order chi connectivity index (χ0) is 16.5. The average Bonchev–Trinajstić information content (AvgIpc) is 2.45. The Labute approximate surface area is 135 Å². The molecule has 0 fully saturated rings. The Hall–Kier alpha value is -1.62. The van der Waals surface area contributed by atoms with Gasteiger partial charge >= 0.3 is 0 Å². The number of methoxy groups -OCH3 is 2. The number of ether oxygens (including phenoxy) is 2. The highest BCUT2D eigenvalue weighted by molar-refractivity contribution is 8.00. The predicted molar refractivity (Wildman–Crippen MR) is 84.6 cm³/mol. The van der Waals surface area contributed by atoms with E-state index in [-0.39, 0.29) is 17.7 Å². The van der Waals surface area contributed by atoms with Crippen LogP contribution in [-0.4, -0.2) is 43.5 Å². The van der Waals surface area contributed by atoms with Crippen LogP contribution >= 0.6 is 11.8 Å². The van der Waals surface area contributed by atoms with Crippen LogP contribution < -0.4 is 5.32 Å². The van der Waals surface area contributed by atoms with Gasteiger partial charge in [-0.1, -0.05) is 11.8 Å². The first-order chi connectivity index (χ1) is 10.5. The molecule has 0 aliphatic rings. The van der Waals surface area contributed by atoms with E-state index in [9.17, 15) is 10.1 Å². The minimum absolute atomic E-state index is 0.0527. The van der Waals surface area contributed by atoms with E-state index >= 15 is 0 Å². The third kappa shape index (κ3) is 5.64. The monoisotopic (exact) mass is 323 g/mol. The van der Waals surface area contributed by atoms with Crippen LogP contribution in [0.1, 0.15) is 23.7 Å².